The van der Waals surface area contributed by atoms with Gasteiger partial charge in [-0.2, -0.15) is 5.10 Å². The van der Waals surface area contributed by atoms with Crippen LogP contribution in [0.3, 0.4) is 0 Å². The molecule has 14 nitrogen and oxygen atoms in total. The van der Waals surface area contributed by atoms with E-state index in [0.717, 1.165) is 72.5 Å². The summed E-state index contributed by atoms with van der Waals surface area (Å²) >= 11 is 0. The van der Waals surface area contributed by atoms with Gasteiger partial charge in [-0.15, -0.1) is 0 Å². The van der Waals surface area contributed by atoms with Gasteiger partial charge in [0.15, 0.2) is 0 Å². The highest BCUT2D eigenvalue weighted by molar-refractivity contribution is 6.01. The molecule has 3 aliphatic rings. The van der Waals surface area contributed by atoms with Crippen LogP contribution in [0.25, 0.3) is 22.0 Å². The van der Waals surface area contributed by atoms with E-state index >= 15 is 0 Å². The van der Waals surface area contributed by atoms with E-state index in [2.05, 4.69) is 42.8 Å². The lowest BCUT2D eigenvalue weighted by Crippen LogP contribution is -2.51. The number of piperidine rings is 2. The number of amides is 3. The van der Waals surface area contributed by atoms with Crippen LogP contribution in [-0.2, 0) is 28.0 Å². The van der Waals surface area contributed by atoms with Crippen LogP contribution in [-0.4, -0.2) is 113 Å². The number of nitrogens with one attached hydrogen (secondary N) is 3. The summed E-state index contributed by atoms with van der Waals surface area (Å²) in [4.78, 5) is 56.2. The Morgan fingerprint density at radius 1 is 0.943 bits per heavy atom. The van der Waals surface area contributed by atoms with Crippen LogP contribution in [0, 0.1) is 0 Å². The van der Waals surface area contributed by atoms with E-state index in [1.165, 1.54) is 5.56 Å². The minimum absolute atomic E-state index is 0.147. The monoisotopic (exact) mass is 724 g/mol. The number of H-pyrrole nitrogens is 1. The van der Waals surface area contributed by atoms with Crippen LogP contribution in [0.2, 0.25) is 0 Å². The second-order valence-electron chi connectivity index (χ2n) is 14.2. The van der Waals surface area contributed by atoms with Crippen molar-refractivity contribution in [2.45, 2.75) is 51.1 Å². The minimum atomic E-state index is -0.396. The van der Waals surface area contributed by atoms with Gasteiger partial charge in [0.25, 0.3) is 5.56 Å². The van der Waals surface area contributed by atoms with Crippen LogP contribution in [0.1, 0.15) is 49.7 Å². The number of nitrogens with zero attached hydrogens (tertiary/aromatic N) is 5. The molecular formula is C39H48N8O6. The van der Waals surface area contributed by atoms with Crippen molar-refractivity contribution in [3.63, 3.8) is 0 Å². The first-order valence-electron chi connectivity index (χ1n) is 18.5. The van der Waals surface area contributed by atoms with Crippen molar-refractivity contribution < 1.29 is 23.9 Å². The van der Waals surface area contributed by atoms with E-state index in [0.29, 0.717) is 62.8 Å². The van der Waals surface area contributed by atoms with Crippen LogP contribution >= 0.6 is 0 Å². The molecule has 3 aliphatic heterocycles. The van der Waals surface area contributed by atoms with Gasteiger partial charge in [-0.3, -0.25) is 39.4 Å². The van der Waals surface area contributed by atoms with Crippen molar-refractivity contribution in [1.29, 1.82) is 0 Å². The second kappa shape index (κ2) is 15.8. The zero-order valence-electron chi connectivity index (χ0n) is 30.7. The van der Waals surface area contributed by atoms with Crippen molar-refractivity contribution >= 4 is 34.3 Å². The van der Waals surface area contributed by atoms with Crippen molar-refractivity contribution in [2.75, 3.05) is 64.8 Å². The molecular weight excluding hydrogens is 676 g/mol. The molecule has 0 aliphatic carbocycles. The Morgan fingerprint density at radius 2 is 1.70 bits per heavy atom. The summed E-state index contributed by atoms with van der Waals surface area (Å²) in [6.45, 7) is 8.16. The molecule has 2 aromatic heterocycles. The summed E-state index contributed by atoms with van der Waals surface area (Å²) in [5, 5.41) is 13.3. The van der Waals surface area contributed by atoms with Crippen molar-refractivity contribution in [3.8, 4) is 22.6 Å². The lowest BCUT2D eigenvalue weighted by atomic mass is 9.89. The number of piperazine rings is 1. The SMILES string of the molecule is CCOc1cc(-c2cn(C)c(=O)c3[nH]ncc23)c(OC)cc1CN1CCN(C(=O)CN2CCC(c3ccc(NC4CCC(=O)NC4=O)cc3)CC2)CC1. The highest BCUT2D eigenvalue weighted by Gasteiger charge is 2.29. The molecule has 3 fully saturated rings. The molecule has 4 aromatic rings. The minimum Gasteiger partial charge on any atom is -0.496 e. The molecule has 7 rings (SSSR count). The number of likely N-dealkylation sites (tertiary alicyclic amines) is 1. The first kappa shape index (κ1) is 36.2. The maximum absolute atomic E-state index is 13.4. The normalized spacial score (nSPS) is 19.0. The smallest absolute Gasteiger partial charge is 0.276 e. The highest BCUT2D eigenvalue weighted by atomic mass is 16.5. The van der Waals surface area contributed by atoms with Gasteiger partial charge in [0.2, 0.25) is 17.7 Å². The van der Waals surface area contributed by atoms with Gasteiger partial charge < -0.3 is 24.3 Å². The molecule has 3 N–H and O–H groups in total. The van der Waals surface area contributed by atoms with Crippen molar-refractivity contribution in [3.05, 3.63) is 70.3 Å². The van der Waals surface area contributed by atoms with Gasteiger partial charge >= 0.3 is 0 Å². The van der Waals surface area contributed by atoms with E-state index in [-0.39, 0.29) is 23.3 Å². The van der Waals surface area contributed by atoms with Crippen molar-refractivity contribution in [1.82, 2.24) is 34.8 Å². The fourth-order valence-corrected chi connectivity index (χ4v) is 7.76. The molecule has 3 saturated heterocycles. The molecule has 1 unspecified atom stereocenters. The summed E-state index contributed by atoms with van der Waals surface area (Å²) in [5.41, 5.74) is 5.08. The average Bonchev–Trinajstić information content (AvgIpc) is 3.66. The fourth-order valence-electron chi connectivity index (χ4n) is 7.76. The third kappa shape index (κ3) is 7.93. The van der Waals surface area contributed by atoms with Gasteiger partial charge in [-0.25, -0.2) is 0 Å². The molecule has 53 heavy (non-hydrogen) atoms. The third-order valence-corrected chi connectivity index (χ3v) is 10.8. The number of ether oxygens (including phenoxy) is 2. The van der Waals surface area contributed by atoms with E-state index in [4.69, 9.17) is 9.47 Å². The molecule has 1 atom stereocenters. The number of carbonyl (C=O) groups excluding carboxylic acids is 3. The van der Waals surface area contributed by atoms with Gasteiger partial charge in [-0.1, -0.05) is 12.1 Å². The lowest BCUT2D eigenvalue weighted by molar-refractivity contribution is -0.135. The number of hydrogen-bond donors (Lipinski definition) is 3. The molecule has 2 aromatic carbocycles. The number of aromatic amines is 1. The standard InChI is InChI=1S/C39H48N8O6/c1-4-53-33-20-29(31-23-44(2)39(51)37-30(31)21-40-43-37)34(52-3)19-27(33)22-46-15-17-47(18-16-46)36(49)24-45-13-11-26(12-14-45)25-5-7-28(8-6-25)41-32-9-10-35(48)42-38(32)50/h5-8,19-21,23,26,32,41H,4,9-18,22,24H2,1-3H3,(H,40,43)(H,42,48,50). The lowest BCUT2D eigenvalue weighted by Gasteiger charge is -2.37. The Hall–Kier alpha value is -5.21. The molecule has 14 heteroatoms. The van der Waals surface area contributed by atoms with E-state index in [1.54, 1.807) is 31.1 Å². The van der Waals surface area contributed by atoms with Crippen LogP contribution in [0.5, 0.6) is 11.5 Å². The van der Waals surface area contributed by atoms with Gasteiger partial charge in [0, 0.05) is 80.2 Å². The predicted octanol–water partition coefficient (Wildman–Crippen LogP) is 3.08. The molecule has 3 amide bonds. The Balaban J connectivity index is 0.908. The second-order valence-corrected chi connectivity index (χ2v) is 14.2. The largest absolute Gasteiger partial charge is 0.496 e. The highest BCUT2D eigenvalue weighted by Crippen LogP contribution is 2.39. The van der Waals surface area contributed by atoms with E-state index in [1.807, 2.05) is 36.1 Å². The molecule has 0 bridgehead atoms. The fraction of sp³-hybridized carbons (Fsp3) is 0.462. The first-order chi connectivity index (χ1) is 25.7. The quantitative estimate of drug-likeness (QED) is 0.197. The van der Waals surface area contributed by atoms with Crippen LogP contribution in [0.15, 0.2) is 53.6 Å². The maximum Gasteiger partial charge on any atom is 0.276 e. The van der Waals surface area contributed by atoms with Gasteiger partial charge in [0.05, 0.1) is 26.5 Å². The van der Waals surface area contributed by atoms with Crippen molar-refractivity contribution in [2.24, 2.45) is 7.05 Å². The Bertz CT molecular complexity index is 2030. The molecule has 5 heterocycles. The third-order valence-electron chi connectivity index (χ3n) is 10.8. The van der Waals surface area contributed by atoms with E-state index in [9.17, 15) is 19.2 Å². The number of benzene rings is 2. The van der Waals surface area contributed by atoms with E-state index < -0.39 is 6.04 Å². The number of hydrogen-bond acceptors (Lipinski definition) is 10. The number of rotatable bonds is 11. The predicted molar refractivity (Wildman–Crippen MR) is 201 cm³/mol. The summed E-state index contributed by atoms with van der Waals surface area (Å²) in [5.74, 6) is 1.56. The molecule has 0 radical (unpaired) electrons. The molecule has 0 spiro atoms. The number of aryl methyl sites for hydroxylation is 1. The molecule has 0 saturated carbocycles. The number of methoxy groups -OCH3 is 1. The average molecular weight is 725 g/mol. The number of carbonyl (C=O) groups is 3. The maximum atomic E-state index is 13.4. The summed E-state index contributed by atoms with van der Waals surface area (Å²) < 4.78 is 13.6. The first-order valence-corrected chi connectivity index (χ1v) is 18.5. The molecule has 280 valence electrons. The van der Waals surface area contributed by atoms with Gasteiger partial charge in [-0.05, 0) is 75.0 Å². The number of anilines is 1. The Labute approximate surface area is 308 Å². The van der Waals surface area contributed by atoms with Crippen LogP contribution < -0.4 is 25.7 Å². The number of pyridine rings is 1. The summed E-state index contributed by atoms with van der Waals surface area (Å²) in [6, 6.07) is 11.9. The number of aromatic nitrogens is 3. The number of fused-ring (bicyclic) bond motifs is 1. The Kier molecular flexibility index (Phi) is 10.8. The van der Waals surface area contributed by atoms with Gasteiger partial charge in [0.1, 0.15) is 23.1 Å². The topological polar surface area (TPSA) is 154 Å². The zero-order chi connectivity index (χ0) is 37.1. The summed E-state index contributed by atoms with van der Waals surface area (Å²) in [7, 11) is 3.37. The summed E-state index contributed by atoms with van der Waals surface area (Å²) in [6.07, 6.45) is 6.28. The Morgan fingerprint density at radius 3 is 2.40 bits per heavy atom. The number of imide groups is 1. The zero-order valence-corrected chi connectivity index (χ0v) is 30.7. The van der Waals surface area contributed by atoms with Crippen LogP contribution in [0.4, 0.5) is 5.69 Å².